The van der Waals surface area contributed by atoms with Gasteiger partial charge in [-0.2, -0.15) is 0 Å². The normalized spacial score (nSPS) is 13.1. The lowest BCUT2D eigenvalue weighted by Gasteiger charge is -2.19. The molecule has 19 heavy (non-hydrogen) atoms. The van der Waals surface area contributed by atoms with Crippen molar-refractivity contribution < 1.29 is 4.39 Å². The van der Waals surface area contributed by atoms with Crippen LogP contribution >= 0.6 is 0 Å². The maximum absolute atomic E-state index is 13.9. The lowest BCUT2D eigenvalue weighted by Crippen LogP contribution is -2.06. The summed E-state index contributed by atoms with van der Waals surface area (Å²) in [5.41, 5.74) is 5.08. The minimum Gasteiger partial charge on any atom is -0.244 e. The van der Waals surface area contributed by atoms with Crippen molar-refractivity contribution in [2.24, 2.45) is 0 Å². The van der Waals surface area contributed by atoms with Crippen LogP contribution < -0.4 is 0 Å². The highest BCUT2D eigenvalue weighted by atomic mass is 19.1. The third kappa shape index (κ3) is 1.56. The third-order valence-corrected chi connectivity index (χ3v) is 3.81. The fourth-order valence-corrected chi connectivity index (χ4v) is 2.87. The molecule has 0 radical (unpaired) electrons. The first-order valence-electron chi connectivity index (χ1n) is 6.49. The summed E-state index contributed by atoms with van der Waals surface area (Å²) in [6.45, 7) is 0. The zero-order valence-corrected chi connectivity index (χ0v) is 10.4. The van der Waals surface area contributed by atoms with Crippen LogP contribution in [-0.2, 0) is 12.8 Å². The topological polar surface area (TPSA) is 12.9 Å². The Balaban J connectivity index is 2.08. The molecule has 1 aromatic heterocycles. The molecule has 0 saturated heterocycles. The average Bonchev–Trinajstić information content (AvgIpc) is 2.46. The highest BCUT2D eigenvalue weighted by molar-refractivity contribution is 5.85. The average molecular weight is 249 g/mol. The van der Waals surface area contributed by atoms with E-state index < -0.39 is 0 Å². The minimum atomic E-state index is -0.247. The molecule has 0 amide bonds. The quantitative estimate of drug-likeness (QED) is 0.583. The molecular formula is C17H12FN. The molecule has 0 unspecified atom stereocenters. The van der Waals surface area contributed by atoms with Crippen molar-refractivity contribution in [2.75, 3.05) is 0 Å². The van der Waals surface area contributed by atoms with Gasteiger partial charge >= 0.3 is 0 Å². The summed E-state index contributed by atoms with van der Waals surface area (Å²) in [6, 6.07) is 15.5. The number of fused-ring (bicyclic) bond motifs is 4. The molecule has 0 aliphatic heterocycles. The number of benzene rings is 2. The molecule has 0 spiro atoms. The molecule has 4 rings (SSSR count). The zero-order chi connectivity index (χ0) is 12.8. The number of aromatic nitrogens is 1. The molecule has 0 bridgehead atoms. The van der Waals surface area contributed by atoms with E-state index in [1.165, 1.54) is 17.2 Å². The van der Waals surface area contributed by atoms with E-state index >= 15 is 0 Å². The van der Waals surface area contributed by atoms with Gasteiger partial charge in [-0.1, -0.05) is 36.4 Å². The summed E-state index contributed by atoms with van der Waals surface area (Å²) in [5, 5.41) is 0.887. The van der Waals surface area contributed by atoms with E-state index in [9.17, 15) is 4.39 Å². The van der Waals surface area contributed by atoms with Crippen LogP contribution in [0.2, 0.25) is 0 Å². The first-order valence-corrected chi connectivity index (χ1v) is 6.49. The van der Waals surface area contributed by atoms with Crippen molar-refractivity contribution in [2.45, 2.75) is 12.8 Å². The Kier molecular flexibility index (Phi) is 2.18. The van der Waals surface area contributed by atoms with Gasteiger partial charge in [0, 0.05) is 10.9 Å². The Bertz CT molecular complexity index is 792. The summed E-state index contributed by atoms with van der Waals surface area (Å²) >= 11 is 0. The van der Waals surface area contributed by atoms with E-state index in [4.69, 9.17) is 0 Å². The number of hydrogen-bond donors (Lipinski definition) is 0. The maximum atomic E-state index is 13.9. The number of hydrogen-bond acceptors (Lipinski definition) is 1. The Hall–Kier alpha value is -2.22. The SMILES string of the molecule is Fc1cccc2cc3c(nc12)-c1ccccc1CC3. The fourth-order valence-electron chi connectivity index (χ4n) is 2.87. The van der Waals surface area contributed by atoms with Crippen molar-refractivity contribution in [3.63, 3.8) is 0 Å². The second-order valence-electron chi connectivity index (χ2n) is 4.96. The van der Waals surface area contributed by atoms with Gasteiger partial charge in [0.1, 0.15) is 11.3 Å². The molecule has 2 heteroatoms. The largest absolute Gasteiger partial charge is 0.244 e. The summed E-state index contributed by atoms with van der Waals surface area (Å²) in [6.07, 6.45) is 2.01. The molecule has 0 atom stereocenters. The summed E-state index contributed by atoms with van der Waals surface area (Å²) in [4.78, 5) is 4.58. The van der Waals surface area contributed by atoms with E-state index in [2.05, 4.69) is 23.2 Å². The highest BCUT2D eigenvalue weighted by Gasteiger charge is 2.18. The number of pyridine rings is 1. The summed E-state index contributed by atoms with van der Waals surface area (Å²) in [7, 11) is 0. The molecule has 2 aromatic carbocycles. The molecule has 1 nitrogen and oxygen atoms in total. The number of rotatable bonds is 0. The zero-order valence-electron chi connectivity index (χ0n) is 10.4. The molecule has 0 fully saturated rings. The Morgan fingerprint density at radius 2 is 1.74 bits per heavy atom. The molecule has 92 valence electrons. The van der Waals surface area contributed by atoms with Gasteiger partial charge in [0.2, 0.25) is 0 Å². The van der Waals surface area contributed by atoms with Crippen LogP contribution in [0, 0.1) is 5.82 Å². The molecule has 1 aliphatic rings. The molecule has 1 heterocycles. The number of aryl methyl sites for hydroxylation is 2. The van der Waals surface area contributed by atoms with Crippen LogP contribution in [0.15, 0.2) is 48.5 Å². The maximum Gasteiger partial charge on any atom is 0.149 e. The first-order chi connectivity index (χ1) is 9.33. The van der Waals surface area contributed by atoms with Gasteiger partial charge in [-0.15, -0.1) is 0 Å². The van der Waals surface area contributed by atoms with Gasteiger partial charge in [0.05, 0.1) is 5.69 Å². The highest BCUT2D eigenvalue weighted by Crippen LogP contribution is 2.34. The summed E-state index contributed by atoms with van der Waals surface area (Å²) in [5.74, 6) is -0.247. The van der Waals surface area contributed by atoms with E-state index in [0.717, 1.165) is 29.5 Å². The molecule has 0 N–H and O–H groups in total. The van der Waals surface area contributed by atoms with E-state index in [0.29, 0.717) is 5.52 Å². The number of para-hydroxylation sites is 1. The standard InChI is InChI=1S/C17H12FN/c18-15-7-3-5-12-10-13-9-8-11-4-1-2-6-14(11)16(13)19-17(12)15/h1-7,10H,8-9H2. The van der Waals surface area contributed by atoms with Crippen LogP contribution in [-0.4, -0.2) is 4.98 Å². The predicted molar refractivity (Wildman–Crippen MR) is 74.5 cm³/mol. The second-order valence-corrected chi connectivity index (χ2v) is 4.96. The van der Waals surface area contributed by atoms with Gasteiger partial charge in [-0.3, -0.25) is 0 Å². The molecule has 3 aromatic rings. The second kappa shape index (κ2) is 3.89. The fraction of sp³-hybridized carbons (Fsp3) is 0.118. The van der Waals surface area contributed by atoms with E-state index in [1.807, 2.05) is 18.2 Å². The van der Waals surface area contributed by atoms with Crippen molar-refractivity contribution in [3.8, 4) is 11.3 Å². The smallest absolute Gasteiger partial charge is 0.149 e. The van der Waals surface area contributed by atoms with Crippen LogP contribution in [0.5, 0.6) is 0 Å². The van der Waals surface area contributed by atoms with Crippen molar-refractivity contribution in [1.82, 2.24) is 4.98 Å². The van der Waals surface area contributed by atoms with E-state index in [1.54, 1.807) is 6.07 Å². The molecule has 1 aliphatic carbocycles. The summed E-state index contributed by atoms with van der Waals surface area (Å²) < 4.78 is 13.9. The monoisotopic (exact) mass is 249 g/mol. The van der Waals surface area contributed by atoms with Crippen LogP contribution in [0.3, 0.4) is 0 Å². The van der Waals surface area contributed by atoms with Crippen molar-refractivity contribution in [3.05, 3.63) is 65.5 Å². The van der Waals surface area contributed by atoms with Crippen LogP contribution in [0.1, 0.15) is 11.1 Å². The molecular weight excluding hydrogens is 237 g/mol. The lowest BCUT2D eigenvalue weighted by molar-refractivity contribution is 0.637. The van der Waals surface area contributed by atoms with Crippen LogP contribution in [0.25, 0.3) is 22.2 Å². The first kappa shape index (κ1) is 10.7. The van der Waals surface area contributed by atoms with Gasteiger partial charge in [-0.05, 0) is 36.1 Å². The van der Waals surface area contributed by atoms with Crippen molar-refractivity contribution >= 4 is 10.9 Å². The third-order valence-electron chi connectivity index (χ3n) is 3.81. The predicted octanol–water partition coefficient (Wildman–Crippen LogP) is 4.14. The van der Waals surface area contributed by atoms with E-state index in [-0.39, 0.29) is 5.82 Å². The van der Waals surface area contributed by atoms with Gasteiger partial charge < -0.3 is 0 Å². The van der Waals surface area contributed by atoms with Crippen molar-refractivity contribution in [1.29, 1.82) is 0 Å². The Morgan fingerprint density at radius 1 is 0.895 bits per heavy atom. The van der Waals surface area contributed by atoms with Gasteiger partial charge in [0.15, 0.2) is 0 Å². The lowest BCUT2D eigenvalue weighted by atomic mass is 9.88. The minimum absolute atomic E-state index is 0.247. The Labute approximate surface area is 110 Å². The Morgan fingerprint density at radius 3 is 2.68 bits per heavy atom. The van der Waals surface area contributed by atoms with Gasteiger partial charge in [-0.25, -0.2) is 9.37 Å². The van der Waals surface area contributed by atoms with Gasteiger partial charge in [0.25, 0.3) is 0 Å². The van der Waals surface area contributed by atoms with Crippen LogP contribution in [0.4, 0.5) is 4.39 Å². The number of halogens is 1. The molecule has 0 saturated carbocycles. The number of nitrogens with zero attached hydrogens (tertiary/aromatic N) is 1.